The van der Waals surface area contributed by atoms with Gasteiger partial charge in [-0.15, -0.1) is 0 Å². The molecule has 0 saturated carbocycles. The van der Waals surface area contributed by atoms with E-state index in [1.54, 1.807) is 0 Å². The Balaban J connectivity index is 4.01. The first kappa shape index (κ1) is 71.9. The zero-order valence-electron chi connectivity index (χ0n) is 50.1. The predicted octanol–water partition coefficient (Wildman–Crippen LogP) is 22.6. The Morgan fingerprint density at radius 1 is 0.257 bits per heavy atom. The molecule has 0 radical (unpaired) electrons. The van der Waals surface area contributed by atoms with Gasteiger partial charge in [-0.1, -0.05) is 308 Å². The SMILES string of the molecule is CCCCCCCCCC/C=C\CCCCCCCCCCCCCCCCCC(=O)OCC(COC(=O)CCCCCCCC)OC(=O)CCCCCCCCCCCCC/C=C\CCCCCCCCCC. The minimum Gasteiger partial charge on any atom is -0.462 e. The lowest BCUT2D eigenvalue weighted by Crippen LogP contribution is -2.30. The van der Waals surface area contributed by atoms with Gasteiger partial charge >= 0.3 is 17.9 Å². The second-order valence-electron chi connectivity index (χ2n) is 22.7. The van der Waals surface area contributed by atoms with Crippen LogP contribution in [0.2, 0.25) is 0 Å². The van der Waals surface area contributed by atoms with Crippen molar-refractivity contribution in [2.75, 3.05) is 13.2 Å². The molecule has 0 fully saturated rings. The van der Waals surface area contributed by atoms with Gasteiger partial charge in [0, 0.05) is 19.3 Å². The van der Waals surface area contributed by atoms with Crippen LogP contribution in [0.3, 0.4) is 0 Å². The van der Waals surface area contributed by atoms with Gasteiger partial charge in [0.05, 0.1) is 0 Å². The van der Waals surface area contributed by atoms with Gasteiger partial charge in [-0.2, -0.15) is 0 Å². The lowest BCUT2D eigenvalue weighted by Gasteiger charge is -2.18. The van der Waals surface area contributed by atoms with Crippen LogP contribution >= 0.6 is 0 Å². The van der Waals surface area contributed by atoms with Crippen LogP contribution in [-0.2, 0) is 28.6 Å². The first-order chi connectivity index (χ1) is 36.5. The summed E-state index contributed by atoms with van der Waals surface area (Å²) >= 11 is 0. The molecule has 74 heavy (non-hydrogen) atoms. The molecule has 0 heterocycles. The number of hydrogen-bond acceptors (Lipinski definition) is 6. The predicted molar refractivity (Wildman–Crippen MR) is 321 cm³/mol. The molecule has 0 aliphatic rings. The van der Waals surface area contributed by atoms with Gasteiger partial charge in [-0.05, 0) is 70.6 Å². The Kier molecular flexibility index (Phi) is 61.6. The van der Waals surface area contributed by atoms with E-state index < -0.39 is 6.10 Å². The summed E-state index contributed by atoms with van der Waals surface area (Å²) in [5.74, 6) is -0.853. The Morgan fingerprint density at radius 2 is 0.446 bits per heavy atom. The second kappa shape index (κ2) is 63.4. The van der Waals surface area contributed by atoms with Crippen molar-refractivity contribution >= 4 is 17.9 Å². The van der Waals surface area contributed by atoms with Gasteiger partial charge in [0.15, 0.2) is 6.10 Å². The highest BCUT2D eigenvalue weighted by Crippen LogP contribution is 2.18. The van der Waals surface area contributed by atoms with E-state index in [-0.39, 0.29) is 31.1 Å². The second-order valence-corrected chi connectivity index (χ2v) is 22.7. The summed E-state index contributed by atoms with van der Waals surface area (Å²) in [5.41, 5.74) is 0. The zero-order valence-corrected chi connectivity index (χ0v) is 50.1. The third kappa shape index (κ3) is 60.8. The monoisotopic (exact) mass is 1040 g/mol. The van der Waals surface area contributed by atoms with Crippen LogP contribution in [0.25, 0.3) is 0 Å². The molecule has 0 amide bonds. The molecule has 0 N–H and O–H groups in total. The molecule has 1 atom stereocenters. The average Bonchev–Trinajstić information content (AvgIpc) is 3.40. The van der Waals surface area contributed by atoms with E-state index in [0.717, 1.165) is 57.8 Å². The van der Waals surface area contributed by atoms with Gasteiger partial charge in [0.1, 0.15) is 13.2 Å². The number of hydrogen-bond donors (Lipinski definition) is 0. The van der Waals surface area contributed by atoms with Gasteiger partial charge < -0.3 is 14.2 Å². The summed E-state index contributed by atoms with van der Waals surface area (Å²) in [6, 6.07) is 0. The normalized spacial score (nSPS) is 12.1. The van der Waals surface area contributed by atoms with Crippen LogP contribution in [0.5, 0.6) is 0 Å². The maximum absolute atomic E-state index is 12.9. The van der Waals surface area contributed by atoms with Crippen LogP contribution in [0.1, 0.15) is 374 Å². The highest BCUT2D eigenvalue weighted by molar-refractivity contribution is 5.71. The molecule has 6 heteroatoms. The molecule has 6 nitrogen and oxygen atoms in total. The van der Waals surface area contributed by atoms with Crippen LogP contribution in [0.15, 0.2) is 24.3 Å². The van der Waals surface area contributed by atoms with E-state index >= 15 is 0 Å². The standard InChI is InChI=1S/C68H128O6/c1-4-7-10-13-16-18-20-22-24-26-28-30-32-33-34-35-37-38-40-42-44-46-48-50-52-55-58-61-67(70)73-64-65(63-72-66(69)60-57-54-15-12-9-6-3)74-68(71)62-59-56-53-51-49-47-45-43-41-39-36-31-29-27-25-23-21-19-17-14-11-8-5-2/h26-29,65H,4-25,30-64H2,1-3H3/b28-26-,29-27-. The summed E-state index contributed by atoms with van der Waals surface area (Å²) in [4.78, 5) is 38.0. The smallest absolute Gasteiger partial charge is 0.306 e. The first-order valence-corrected chi connectivity index (χ1v) is 33.3. The first-order valence-electron chi connectivity index (χ1n) is 33.3. The molecule has 0 aromatic carbocycles. The molecule has 0 saturated heterocycles. The molecule has 436 valence electrons. The van der Waals surface area contributed by atoms with Crippen molar-refractivity contribution in [1.82, 2.24) is 0 Å². The molecule has 0 rings (SSSR count). The molecule has 1 unspecified atom stereocenters. The molecule has 0 aromatic rings. The molecule has 0 aromatic heterocycles. The van der Waals surface area contributed by atoms with E-state index in [1.165, 1.54) is 276 Å². The Bertz CT molecular complexity index is 1190. The molecular formula is C68H128O6. The number of carbonyl (C=O) groups is 3. The molecular weight excluding hydrogens is 913 g/mol. The van der Waals surface area contributed by atoms with Crippen molar-refractivity contribution in [3.8, 4) is 0 Å². The number of ether oxygens (including phenoxy) is 3. The fraction of sp³-hybridized carbons (Fsp3) is 0.897. The number of esters is 3. The van der Waals surface area contributed by atoms with E-state index in [4.69, 9.17) is 14.2 Å². The van der Waals surface area contributed by atoms with Gasteiger partial charge in [0.2, 0.25) is 0 Å². The fourth-order valence-corrected chi connectivity index (χ4v) is 10.1. The lowest BCUT2D eigenvalue weighted by molar-refractivity contribution is -0.167. The third-order valence-corrected chi connectivity index (χ3v) is 15.2. The minimum atomic E-state index is -0.766. The minimum absolute atomic E-state index is 0.0668. The van der Waals surface area contributed by atoms with Crippen LogP contribution in [-0.4, -0.2) is 37.2 Å². The maximum atomic E-state index is 12.9. The van der Waals surface area contributed by atoms with Gasteiger partial charge in [-0.25, -0.2) is 0 Å². The average molecular weight is 1040 g/mol. The van der Waals surface area contributed by atoms with E-state index in [0.29, 0.717) is 19.3 Å². The van der Waals surface area contributed by atoms with Crippen molar-refractivity contribution < 1.29 is 28.6 Å². The van der Waals surface area contributed by atoms with Crippen molar-refractivity contribution in [1.29, 1.82) is 0 Å². The molecule has 0 spiro atoms. The van der Waals surface area contributed by atoms with E-state index in [9.17, 15) is 14.4 Å². The van der Waals surface area contributed by atoms with Crippen LogP contribution < -0.4 is 0 Å². The van der Waals surface area contributed by atoms with E-state index in [1.807, 2.05) is 0 Å². The highest BCUT2D eigenvalue weighted by atomic mass is 16.6. The molecule has 0 aliphatic carbocycles. The maximum Gasteiger partial charge on any atom is 0.306 e. The van der Waals surface area contributed by atoms with Gasteiger partial charge in [0.25, 0.3) is 0 Å². The van der Waals surface area contributed by atoms with Crippen molar-refractivity contribution in [3.05, 3.63) is 24.3 Å². The quantitative estimate of drug-likeness (QED) is 0.0261. The number of rotatable bonds is 62. The topological polar surface area (TPSA) is 78.9 Å². The number of unbranched alkanes of at least 4 members (excludes halogenated alkanes) is 47. The summed E-state index contributed by atoms with van der Waals surface area (Å²) in [7, 11) is 0. The lowest BCUT2D eigenvalue weighted by atomic mass is 10.0. The Morgan fingerprint density at radius 3 is 0.676 bits per heavy atom. The summed E-state index contributed by atoms with van der Waals surface area (Å²) in [6.07, 6.45) is 76.7. The Hall–Kier alpha value is -2.11. The summed E-state index contributed by atoms with van der Waals surface area (Å²) in [6.45, 7) is 6.64. The molecule has 0 aliphatic heterocycles. The summed E-state index contributed by atoms with van der Waals surface area (Å²) in [5, 5.41) is 0. The third-order valence-electron chi connectivity index (χ3n) is 15.2. The van der Waals surface area contributed by atoms with Crippen molar-refractivity contribution in [3.63, 3.8) is 0 Å². The number of allylic oxidation sites excluding steroid dienone is 4. The Labute approximate surface area is 462 Å². The zero-order chi connectivity index (χ0) is 53.6. The fourth-order valence-electron chi connectivity index (χ4n) is 10.1. The van der Waals surface area contributed by atoms with Crippen molar-refractivity contribution in [2.45, 2.75) is 380 Å². The summed E-state index contributed by atoms with van der Waals surface area (Å²) < 4.78 is 16.8. The number of carbonyl (C=O) groups excluding carboxylic acids is 3. The van der Waals surface area contributed by atoms with Gasteiger partial charge in [-0.3, -0.25) is 14.4 Å². The molecule has 0 bridgehead atoms. The largest absolute Gasteiger partial charge is 0.462 e. The van der Waals surface area contributed by atoms with E-state index in [2.05, 4.69) is 45.1 Å². The van der Waals surface area contributed by atoms with Crippen LogP contribution in [0, 0.1) is 0 Å². The van der Waals surface area contributed by atoms with Crippen LogP contribution in [0.4, 0.5) is 0 Å². The van der Waals surface area contributed by atoms with Crippen molar-refractivity contribution in [2.24, 2.45) is 0 Å². The highest BCUT2D eigenvalue weighted by Gasteiger charge is 2.19.